The molecule has 0 saturated heterocycles. The number of carboxylic acids is 1. The number of carbonyl (C=O) groups excluding carboxylic acids is 3. The van der Waals surface area contributed by atoms with Crippen molar-refractivity contribution in [1.82, 2.24) is 10.6 Å². The number of carbonyl (C=O) groups is 4. The van der Waals surface area contributed by atoms with Gasteiger partial charge in [-0.25, -0.2) is 0 Å². The molecule has 30 heavy (non-hydrogen) atoms. The number of rotatable bonds is 9. The smallest absolute Gasteiger partial charge is 0.322 e. The van der Waals surface area contributed by atoms with E-state index in [1.807, 2.05) is 12.2 Å². The molecule has 1 fully saturated rings. The molecule has 2 rings (SSSR count). The van der Waals surface area contributed by atoms with Crippen LogP contribution in [0, 0.1) is 11.3 Å². The fraction of sp³-hybridized carbons (Fsp3) is 0.650. The van der Waals surface area contributed by atoms with Crippen molar-refractivity contribution >= 4 is 29.6 Å². The van der Waals surface area contributed by atoms with Gasteiger partial charge in [-0.2, -0.15) is 4.99 Å². The Labute approximate surface area is 174 Å². The summed E-state index contributed by atoms with van der Waals surface area (Å²) in [6.07, 6.45) is 5.94. The molecule has 10 nitrogen and oxygen atoms in total. The Bertz CT molecular complexity index is 768. The van der Waals surface area contributed by atoms with Crippen LogP contribution in [0.3, 0.4) is 0 Å². The van der Waals surface area contributed by atoms with Crippen LogP contribution in [0.2, 0.25) is 0 Å². The van der Waals surface area contributed by atoms with Gasteiger partial charge in [-0.05, 0) is 18.8 Å². The van der Waals surface area contributed by atoms with Gasteiger partial charge in [0.15, 0.2) is 5.41 Å². The molecule has 0 bridgehead atoms. The maximum atomic E-state index is 13.1. The van der Waals surface area contributed by atoms with Crippen LogP contribution in [-0.4, -0.2) is 58.0 Å². The topological polar surface area (TPSA) is 165 Å². The van der Waals surface area contributed by atoms with Gasteiger partial charge >= 0.3 is 5.97 Å². The van der Waals surface area contributed by atoms with E-state index in [1.54, 1.807) is 0 Å². The van der Waals surface area contributed by atoms with Crippen LogP contribution in [0.4, 0.5) is 0 Å². The predicted octanol–water partition coefficient (Wildman–Crippen LogP) is 1.37. The number of dihydropyridines is 1. The molecule has 5 N–H and O–H groups in total. The number of hydrogen-bond donors (Lipinski definition) is 5. The number of nitrogens with zero attached hydrogens (tertiary/aromatic N) is 1. The number of carboxylic acid groups (broad SMARTS) is 1. The number of nitrogens with one attached hydrogen (secondary N) is 2. The highest BCUT2D eigenvalue weighted by molar-refractivity contribution is 6.26. The molecular formula is C20H29N3O7. The minimum Gasteiger partial charge on any atom is -0.510 e. The molecule has 1 aliphatic carbocycles. The summed E-state index contributed by atoms with van der Waals surface area (Å²) in [5.74, 6) is -6.23. The van der Waals surface area contributed by atoms with Crippen molar-refractivity contribution in [2.24, 2.45) is 16.3 Å². The molecule has 0 radical (unpaired) electrons. The van der Waals surface area contributed by atoms with E-state index in [2.05, 4.69) is 10.3 Å². The van der Waals surface area contributed by atoms with Crippen LogP contribution in [0.15, 0.2) is 16.3 Å². The summed E-state index contributed by atoms with van der Waals surface area (Å²) in [4.78, 5) is 52.0. The molecule has 2 aliphatic rings. The second kappa shape index (κ2) is 10.2. The van der Waals surface area contributed by atoms with Crippen LogP contribution >= 0.6 is 0 Å². The van der Waals surface area contributed by atoms with Gasteiger partial charge in [0.05, 0.1) is 0 Å². The number of hydrogen-bond acceptors (Lipinski definition) is 5. The van der Waals surface area contributed by atoms with Gasteiger partial charge in [-0.15, -0.1) is 0 Å². The molecule has 1 heterocycles. The summed E-state index contributed by atoms with van der Waals surface area (Å²) in [5.41, 5.74) is -2.88. The minimum absolute atomic E-state index is 0.00485. The molecule has 0 aromatic heterocycles. The predicted molar refractivity (Wildman–Crippen MR) is 107 cm³/mol. The molecule has 3 amide bonds. The fourth-order valence-electron chi connectivity index (χ4n) is 3.96. The number of aliphatic hydroxyl groups excluding tert-OH is 2. The van der Waals surface area contributed by atoms with Crippen molar-refractivity contribution in [2.45, 2.75) is 58.3 Å². The Morgan fingerprint density at radius 2 is 1.80 bits per heavy atom. The van der Waals surface area contributed by atoms with E-state index in [9.17, 15) is 29.4 Å². The second-order valence-corrected chi connectivity index (χ2v) is 7.76. The first-order valence-corrected chi connectivity index (χ1v) is 10.3. The summed E-state index contributed by atoms with van der Waals surface area (Å²) in [6.45, 7) is 1.44. The Morgan fingerprint density at radius 3 is 2.40 bits per heavy atom. The molecule has 1 atom stereocenters. The average Bonchev–Trinajstić information content (AvgIpc) is 2.70. The van der Waals surface area contributed by atoms with Crippen molar-refractivity contribution in [2.75, 3.05) is 13.1 Å². The van der Waals surface area contributed by atoms with Gasteiger partial charge in [0.25, 0.3) is 11.8 Å². The summed E-state index contributed by atoms with van der Waals surface area (Å²) in [7, 11) is 0. The van der Waals surface area contributed by atoms with Gasteiger partial charge in [0.2, 0.25) is 11.8 Å². The maximum Gasteiger partial charge on any atom is 0.322 e. The first kappa shape index (κ1) is 23.4. The lowest BCUT2D eigenvalue weighted by Gasteiger charge is -2.36. The van der Waals surface area contributed by atoms with Crippen LogP contribution < -0.4 is 10.6 Å². The summed E-state index contributed by atoms with van der Waals surface area (Å²) < 4.78 is 0. The van der Waals surface area contributed by atoms with Crippen LogP contribution in [0.25, 0.3) is 0 Å². The standard InChI is InChI=1S/C20H29N3O7/c1-2-3-9-21-18(29)20(10-12-7-5-4-6-8-12)15(26)14(17(28)23-19(20)30)16(27)22-11-13(24)25/h12,26H,2-11H2,1H3,(H,21,29)(H,22,27)(H,24,25)(H,23,28,30). The molecule has 1 aliphatic heterocycles. The third-order valence-corrected chi connectivity index (χ3v) is 5.59. The minimum atomic E-state index is -2.06. The Balaban J connectivity index is 2.47. The Hall–Kier alpha value is -2.91. The number of aliphatic hydroxyl groups is 2. The van der Waals surface area contributed by atoms with Gasteiger partial charge in [0, 0.05) is 6.54 Å². The average molecular weight is 423 g/mol. The first-order valence-electron chi connectivity index (χ1n) is 10.3. The second-order valence-electron chi connectivity index (χ2n) is 7.76. The summed E-state index contributed by atoms with van der Waals surface area (Å²) in [5, 5.41) is 35.0. The van der Waals surface area contributed by atoms with E-state index in [0.717, 1.165) is 38.5 Å². The van der Waals surface area contributed by atoms with Gasteiger partial charge in [0.1, 0.15) is 17.9 Å². The molecule has 0 aromatic carbocycles. The molecule has 166 valence electrons. The fourth-order valence-corrected chi connectivity index (χ4v) is 3.96. The van der Waals surface area contributed by atoms with E-state index in [4.69, 9.17) is 5.11 Å². The highest BCUT2D eigenvalue weighted by Gasteiger charge is 2.55. The van der Waals surface area contributed by atoms with Crippen LogP contribution in [-0.2, 0) is 19.2 Å². The zero-order valence-corrected chi connectivity index (χ0v) is 17.1. The highest BCUT2D eigenvalue weighted by Crippen LogP contribution is 2.43. The zero-order chi connectivity index (χ0) is 22.3. The lowest BCUT2D eigenvalue weighted by atomic mass is 9.70. The third-order valence-electron chi connectivity index (χ3n) is 5.59. The van der Waals surface area contributed by atoms with Crippen molar-refractivity contribution in [3.8, 4) is 0 Å². The molecule has 10 heteroatoms. The number of aliphatic carboxylic acids is 1. The zero-order valence-electron chi connectivity index (χ0n) is 17.1. The van der Waals surface area contributed by atoms with E-state index >= 15 is 0 Å². The van der Waals surface area contributed by atoms with Crippen molar-refractivity contribution in [3.05, 3.63) is 11.3 Å². The summed E-state index contributed by atoms with van der Waals surface area (Å²) in [6, 6.07) is 0. The van der Waals surface area contributed by atoms with Crippen LogP contribution in [0.1, 0.15) is 58.3 Å². The molecule has 0 spiro atoms. The number of aliphatic imine (C=N–C) groups is 1. The molecule has 0 aromatic rings. The van der Waals surface area contributed by atoms with E-state index in [0.29, 0.717) is 6.42 Å². The lowest BCUT2D eigenvalue weighted by molar-refractivity contribution is -0.138. The van der Waals surface area contributed by atoms with Crippen molar-refractivity contribution < 1.29 is 34.5 Å². The molecule has 1 saturated carbocycles. The van der Waals surface area contributed by atoms with E-state index < -0.39 is 52.9 Å². The third kappa shape index (κ3) is 4.98. The normalized spacial score (nSPS) is 22.4. The van der Waals surface area contributed by atoms with Crippen LogP contribution in [0.5, 0.6) is 0 Å². The lowest BCUT2D eigenvalue weighted by Crippen LogP contribution is -2.53. The van der Waals surface area contributed by atoms with E-state index in [1.165, 1.54) is 0 Å². The molecule has 1 unspecified atom stereocenters. The van der Waals surface area contributed by atoms with Crippen molar-refractivity contribution in [3.63, 3.8) is 0 Å². The highest BCUT2D eigenvalue weighted by atomic mass is 16.4. The number of amides is 3. The Morgan fingerprint density at radius 1 is 1.13 bits per heavy atom. The molecular weight excluding hydrogens is 394 g/mol. The van der Waals surface area contributed by atoms with Gasteiger partial charge in [-0.1, -0.05) is 45.4 Å². The van der Waals surface area contributed by atoms with Gasteiger partial charge < -0.3 is 26.0 Å². The largest absolute Gasteiger partial charge is 0.510 e. The number of unbranched alkanes of at least 4 members (excludes halogenated alkanes) is 1. The SMILES string of the molecule is CCCCNC(=O)C1(CC2CCCCC2)C(O)=NC(=O)C(C(=O)NCC(=O)O)=C1O. The maximum absolute atomic E-state index is 13.1. The summed E-state index contributed by atoms with van der Waals surface area (Å²) >= 11 is 0. The Kier molecular flexibility index (Phi) is 7.96. The first-order chi connectivity index (χ1) is 14.2. The van der Waals surface area contributed by atoms with Crippen molar-refractivity contribution in [1.29, 1.82) is 0 Å². The van der Waals surface area contributed by atoms with E-state index in [-0.39, 0.29) is 18.9 Å². The monoisotopic (exact) mass is 423 g/mol. The van der Waals surface area contributed by atoms with Gasteiger partial charge in [-0.3, -0.25) is 19.2 Å². The quantitative estimate of drug-likeness (QED) is 0.276.